The minimum Gasteiger partial charge on any atom is -0.497 e. The predicted octanol–water partition coefficient (Wildman–Crippen LogP) is 2.40. The fourth-order valence-corrected chi connectivity index (χ4v) is 1.37. The van der Waals surface area contributed by atoms with Crippen molar-refractivity contribution in [2.75, 3.05) is 7.11 Å². The molecule has 0 bridgehead atoms. The van der Waals surface area contributed by atoms with E-state index >= 15 is 0 Å². The summed E-state index contributed by atoms with van der Waals surface area (Å²) in [7, 11) is 1.67. The first kappa shape index (κ1) is 11.1. The van der Waals surface area contributed by atoms with Gasteiger partial charge in [-0.3, -0.25) is 0 Å². The summed E-state index contributed by atoms with van der Waals surface area (Å²) in [5, 5.41) is 9.41. The smallest absolute Gasteiger partial charge is 0.119 e. The molecule has 0 aromatic heterocycles. The molecule has 1 rings (SSSR count). The van der Waals surface area contributed by atoms with Crippen LogP contribution < -0.4 is 4.74 Å². The molecule has 1 atom stereocenters. The molecule has 1 aromatic carbocycles. The van der Waals surface area contributed by atoms with E-state index in [4.69, 9.17) is 4.74 Å². The van der Waals surface area contributed by atoms with Gasteiger partial charge in [0, 0.05) is 0 Å². The van der Waals surface area contributed by atoms with Gasteiger partial charge in [-0.2, -0.15) is 0 Å². The number of ether oxygens (including phenoxy) is 1. The number of rotatable bonds is 5. The Bertz CT molecular complexity index is 271. The Hall–Kier alpha value is -1.02. The molecule has 14 heavy (non-hydrogen) atoms. The third-order valence-electron chi connectivity index (χ3n) is 2.37. The quantitative estimate of drug-likeness (QED) is 0.780. The molecule has 0 aliphatic heterocycles. The third-order valence-corrected chi connectivity index (χ3v) is 2.37. The summed E-state index contributed by atoms with van der Waals surface area (Å²) in [4.78, 5) is 0. The summed E-state index contributed by atoms with van der Waals surface area (Å²) >= 11 is 0. The molecule has 0 radical (unpaired) electrons. The van der Waals surface area contributed by atoms with Crippen LogP contribution in [0.15, 0.2) is 24.3 Å². The van der Waals surface area contributed by atoms with E-state index in [2.05, 4.69) is 6.07 Å². The zero-order valence-corrected chi connectivity index (χ0v) is 8.86. The molecule has 2 nitrogen and oxygen atoms in total. The zero-order chi connectivity index (χ0) is 10.4. The van der Waals surface area contributed by atoms with Crippen LogP contribution in [0.5, 0.6) is 5.75 Å². The molecule has 1 unspecified atom stereocenters. The van der Waals surface area contributed by atoms with Crippen LogP contribution in [-0.2, 0) is 6.42 Å². The van der Waals surface area contributed by atoms with Gasteiger partial charge >= 0.3 is 0 Å². The maximum atomic E-state index is 9.41. The third kappa shape index (κ3) is 3.38. The normalized spacial score (nSPS) is 12.5. The molecule has 1 aromatic rings. The first-order chi connectivity index (χ1) is 6.76. The fraction of sp³-hybridized carbons (Fsp3) is 0.500. The second-order valence-corrected chi connectivity index (χ2v) is 3.45. The standard InChI is InChI=1S/C12H18O2/c1-3-11(13)8-7-10-5-4-6-12(9-10)14-2/h4-6,9,11,13H,3,7-8H2,1-2H3. The van der Waals surface area contributed by atoms with E-state index in [0.717, 1.165) is 25.0 Å². The Labute approximate surface area is 85.5 Å². The van der Waals surface area contributed by atoms with Gasteiger partial charge < -0.3 is 9.84 Å². The molecule has 0 heterocycles. The van der Waals surface area contributed by atoms with Gasteiger partial charge in [-0.15, -0.1) is 0 Å². The van der Waals surface area contributed by atoms with E-state index in [0.29, 0.717) is 0 Å². The Morgan fingerprint density at radius 2 is 2.21 bits per heavy atom. The predicted molar refractivity (Wildman–Crippen MR) is 57.6 cm³/mol. The maximum Gasteiger partial charge on any atom is 0.119 e. The number of hydrogen-bond donors (Lipinski definition) is 1. The molecular weight excluding hydrogens is 176 g/mol. The van der Waals surface area contributed by atoms with E-state index < -0.39 is 0 Å². The van der Waals surface area contributed by atoms with Crippen molar-refractivity contribution >= 4 is 0 Å². The van der Waals surface area contributed by atoms with Crippen molar-refractivity contribution in [1.82, 2.24) is 0 Å². The number of aliphatic hydroxyl groups excluding tert-OH is 1. The number of hydrogen-bond acceptors (Lipinski definition) is 2. The van der Waals surface area contributed by atoms with Gasteiger partial charge in [0.1, 0.15) is 5.75 Å². The molecule has 1 N–H and O–H groups in total. The molecule has 0 amide bonds. The van der Waals surface area contributed by atoms with Gasteiger partial charge in [0.05, 0.1) is 13.2 Å². The van der Waals surface area contributed by atoms with E-state index in [9.17, 15) is 5.11 Å². The lowest BCUT2D eigenvalue weighted by Gasteiger charge is -2.08. The van der Waals surface area contributed by atoms with E-state index in [1.165, 1.54) is 5.56 Å². The van der Waals surface area contributed by atoms with Crippen LogP contribution in [0.25, 0.3) is 0 Å². The van der Waals surface area contributed by atoms with Gasteiger partial charge in [0.2, 0.25) is 0 Å². The summed E-state index contributed by atoms with van der Waals surface area (Å²) in [6.07, 6.45) is 2.38. The van der Waals surface area contributed by atoms with Crippen LogP contribution in [-0.4, -0.2) is 18.3 Å². The molecule has 0 aliphatic rings. The summed E-state index contributed by atoms with van der Waals surface area (Å²) in [5.74, 6) is 0.883. The molecule has 78 valence electrons. The molecule has 0 saturated heterocycles. The summed E-state index contributed by atoms with van der Waals surface area (Å²) in [5.41, 5.74) is 1.22. The monoisotopic (exact) mass is 194 g/mol. The van der Waals surface area contributed by atoms with Gasteiger partial charge in [-0.25, -0.2) is 0 Å². The number of benzene rings is 1. The molecule has 0 spiro atoms. The highest BCUT2D eigenvalue weighted by molar-refractivity contribution is 5.28. The molecule has 0 saturated carbocycles. The summed E-state index contributed by atoms with van der Waals surface area (Å²) in [6, 6.07) is 7.99. The summed E-state index contributed by atoms with van der Waals surface area (Å²) in [6.45, 7) is 2.00. The lowest BCUT2D eigenvalue weighted by molar-refractivity contribution is 0.160. The van der Waals surface area contributed by atoms with Gasteiger partial charge in [0.15, 0.2) is 0 Å². The number of aryl methyl sites for hydroxylation is 1. The molecular formula is C12H18O2. The van der Waals surface area contributed by atoms with Crippen LogP contribution >= 0.6 is 0 Å². The SMILES string of the molecule is CCC(O)CCc1cccc(OC)c1. The second kappa shape index (κ2) is 5.66. The number of aliphatic hydroxyl groups is 1. The fourth-order valence-electron chi connectivity index (χ4n) is 1.37. The number of methoxy groups -OCH3 is 1. The van der Waals surface area contributed by atoms with Gasteiger partial charge in [-0.05, 0) is 37.0 Å². The Morgan fingerprint density at radius 3 is 2.86 bits per heavy atom. The van der Waals surface area contributed by atoms with Gasteiger partial charge in [-0.1, -0.05) is 19.1 Å². The maximum absolute atomic E-state index is 9.41. The lowest BCUT2D eigenvalue weighted by atomic mass is 10.1. The Kier molecular flexibility index (Phi) is 4.47. The minimum atomic E-state index is -0.179. The van der Waals surface area contributed by atoms with Crippen molar-refractivity contribution in [2.45, 2.75) is 32.3 Å². The van der Waals surface area contributed by atoms with E-state index in [-0.39, 0.29) is 6.10 Å². The Morgan fingerprint density at radius 1 is 1.43 bits per heavy atom. The topological polar surface area (TPSA) is 29.5 Å². The Balaban J connectivity index is 2.50. The average Bonchev–Trinajstić information content (AvgIpc) is 2.26. The van der Waals surface area contributed by atoms with Crippen molar-refractivity contribution in [3.8, 4) is 5.75 Å². The molecule has 0 aliphatic carbocycles. The van der Waals surface area contributed by atoms with Crippen molar-refractivity contribution in [1.29, 1.82) is 0 Å². The van der Waals surface area contributed by atoms with E-state index in [1.807, 2.05) is 25.1 Å². The summed E-state index contributed by atoms with van der Waals surface area (Å²) < 4.78 is 5.13. The lowest BCUT2D eigenvalue weighted by Crippen LogP contribution is -2.05. The molecule has 0 fully saturated rings. The van der Waals surface area contributed by atoms with Crippen molar-refractivity contribution in [3.05, 3.63) is 29.8 Å². The second-order valence-electron chi connectivity index (χ2n) is 3.45. The average molecular weight is 194 g/mol. The van der Waals surface area contributed by atoms with Crippen LogP contribution in [0.4, 0.5) is 0 Å². The highest BCUT2D eigenvalue weighted by Crippen LogP contribution is 2.14. The minimum absolute atomic E-state index is 0.179. The van der Waals surface area contributed by atoms with Crippen molar-refractivity contribution < 1.29 is 9.84 Å². The highest BCUT2D eigenvalue weighted by atomic mass is 16.5. The molecule has 2 heteroatoms. The van der Waals surface area contributed by atoms with Crippen molar-refractivity contribution in [2.24, 2.45) is 0 Å². The zero-order valence-electron chi connectivity index (χ0n) is 8.86. The largest absolute Gasteiger partial charge is 0.497 e. The van der Waals surface area contributed by atoms with Crippen molar-refractivity contribution in [3.63, 3.8) is 0 Å². The first-order valence-corrected chi connectivity index (χ1v) is 5.07. The van der Waals surface area contributed by atoms with Crippen LogP contribution in [0, 0.1) is 0 Å². The van der Waals surface area contributed by atoms with E-state index in [1.54, 1.807) is 7.11 Å². The first-order valence-electron chi connectivity index (χ1n) is 5.07. The van der Waals surface area contributed by atoms with Crippen LogP contribution in [0.1, 0.15) is 25.3 Å². The van der Waals surface area contributed by atoms with Crippen LogP contribution in [0.2, 0.25) is 0 Å². The highest BCUT2D eigenvalue weighted by Gasteiger charge is 2.01. The van der Waals surface area contributed by atoms with Gasteiger partial charge in [0.25, 0.3) is 0 Å². The van der Waals surface area contributed by atoms with Crippen LogP contribution in [0.3, 0.4) is 0 Å².